The SMILES string of the molecule is C#C.CCOc1cc(C(=O)N=C(N)/C=C(\NC)C(F)(F)F)ccc1-c1nc([C@@H]2CCCN(C(=O)C3(C(F)F)CC3)C2)n2ccnc(N)c12. The lowest BCUT2D eigenvalue weighted by Gasteiger charge is -2.34. The van der Waals surface area contributed by atoms with Gasteiger partial charge in [0.25, 0.3) is 12.3 Å². The summed E-state index contributed by atoms with van der Waals surface area (Å²) in [5.74, 6) is -1.48. The van der Waals surface area contributed by atoms with Crippen molar-refractivity contribution < 1.29 is 36.3 Å². The highest BCUT2D eigenvalue weighted by Crippen LogP contribution is 2.52. The highest BCUT2D eigenvalue weighted by atomic mass is 19.4. The van der Waals surface area contributed by atoms with E-state index in [9.17, 15) is 31.5 Å². The van der Waals surface area contributed by atoms with Crippen LogP contribution in [0.3, 0.4) is 0 Å². The van der Waals surface area contributed by atoms with Crippen LogP contribution in [0.25, 0.3) is 16.8 Å². The number of anilines is 1. The number of alkyl halides is 5. The molecule has 256 valence electrons. The lowest BCUT2D eigenvalue weighted by atomic mass is 9.95. The molecule has 11 nitrogen and oxygen atoms in total. The Labute approximate surface area is 273 Å². The Balaban J connectivity index is 0.00000255. The van der Waals surface area contributed by atoms with Crippen molar-refractivity contribution >= 4 is 29.0 Å². The number of amides is 2. The number of carbonyl (C=O) groups excluding carboxylic acids is 2. The third-order valence-corrected chi connectivity index (χ3v) is 8.20. The average molecular weight is 675 g/mol. The van der Waals surface area contributed by atoms with Gasteiger partial charge in [0.05, 0.1) is 6.61 Å². The summed E-state index contributed by atoms with van der Waals surface area (Å²) >= 11 is 0. The minimum atomic E-state index is -4.72. The topological polar surface area (TPSA) is 153 Å². The maximum absolute atomic E-state index is 13.7. The molecular weight excluding hydrogens is 639 g/mol. The van der Waals surface area contributed by atoms with Gasteiger partial charge in [-0.15, -0.1) is 12.8 Å². The number of rotatable bonds is 9. The molecule has 2 aliphatic rings. The van der Waals surface area contributed by atoms with Crippen molar-refractivity contribution in [2.75, 3.05) is 32.5 Å². The molecular formula is C32H35F5N8O3. The number of piperidine rings is 1. The standard InChI is InChI=1S/C30H33F5N8O3.C2H2/c1-3-46-19-13-16(26(44)40-21(36)14-20(38-2)30(33,34)35)6-7-18(19)22-23-24(37)39-10-12-43(23)25(41-22)17-5-4-11-42(15-17)28(45)29(8-9-29)27(31)32;1-2/h6-7,10,12-14,17,27,38H,3-5,8-9,11,15H2,1-2H3,(H2,37,39)(H2,36,40,44);1-2H/b20-14-;/t17-;/m1./s1. The number of terminal acetylenes is 1. The van der Waals surface area contributed by atoms with E-state index in [2.05, 4.69) is 22.8 Å². The third-order valence-electron chi connectivity index (χ3n) is 8.20. The first-order chi connectivity index (χ1) is 22.8. The number of hydrogen-bond donors (Lipinski definition) is 3. The van der Waals surface area contributed by atoms with Crippen LogP contribution < -0.4 is 21.5 Å². The number of fused-ring (bicyclic) bond motifs is 1. The zero-order valence-electron chi connectivity index (χ0n) is 26.2. The van der Waals surface area contributed by atoms with E-state index in [1.165, 1.54) is 23.2 Å². The zero-order chi connectivity index (χ0) is 35.4. The highest BCUT2D eigenvalue weighted by molar-refractivity contribution is 6.07. The van der Waals surface area contributed by atoms with Crippen molar-refractivity contribution in [2.45, 2.75) is 51.1 Å². The van der Waals surface area contributed by atoms with Crippen LogP contribution in [0.1, 0.15) is 54.7 Å². The lowest BCUT2D eigenvalue weighted by molar-refractivity contribution is -0.144. The summed E-state index contributed by atoms with van der Waals surface area (Å²) in [7, 11) is 1.06. The van der Waals surface area contributed by atoms with Crippen molar-refractivity contribution in [3.8, 4) is 29.9 Å². The summed E-state index contributed by atoms with van der Waals surface area (Å²) in [5.41, 5.74) is 10.4. The van der Waals surface area contributed by atoms with E-state index in [0.29, 0.717) is 48.1 Å². The van der Waals surface area contributed by atoms with E-state index in [-0.39, 0.29) is 49.0 Å². The summed E-state index contributed by atoms with van der Waals surface area (Å²) in [6, 6.07) is 4.33. The fourth-order valence-electron chi connectivity index (χ4n) is 5.69. The number of halogens is 5. The number of nitrogens with two attached hydrogens (primary N) is 2. The molecule has 1 atom stereocenters. The number of nitrogens with zero attached hydrogens (tertiary/aromatic N) is 5. The number of aliphatic imine (C=N–C) groups is 1. The normalized spacial score (nSPS) is 17.9. The fraction of sp³-hybridized carbons (Fsp3) is 0.406. The molecule has 1 aromatic carbocycles. The number of benzene rings is 1. The highest BCUT2D eigenvalue weighted by Gasteiger charge is 2.59. The number of nitrogen functional groups attached to an aromatic ring is 1. The van der Waals surface area contributed by atoms with Crippen molar-refractivity contribution in [3.63, 3.8) is 0 Å². The molecule has 1 saturated heterocycles. The molecule has 1 saturated carbocycles. The van der Waals surface area contributed by atoms with Crippen molar-refractivity contribution in [2.24, 2.45) is 16.1 Å². The van der Waals surface area contributed by atoms with Gasteiger partial charge in [0.2, 0.25) is 5.91 Å². The number of aromatic nitrogens is 3. The van der Waals surface area contributed by atoms with Crippen LogP contribution in [0.2, 0.25) is 0 Å². The summed E-state index contributed by atoms with van der Waals surface area (Å²) in [6.07, 6.45) is 5.82. The molecule has 1 aliphatic heterocycles. The van der Waals surface area contributed by atoms with Crippen LogP contribution in [0.5, 0.6) is 5.75 Å². The average Bonchev–Trinajstić information content (AvgIpc) is 3.79. The van der Waals surface area contributed by atoms with Gasteiger partial charge in [-0.25, -0.2) is 18.7 Å². The van der Waals surface area contributed by atoms with Gasteiger partial charge >= 0.3 is 6.18 Å². The molecule has 5 N–H and O–H groups in total. The first-order valence-electron chi connectivity index (χ1n) is 15.0. The van der Waals surface area contributed by atoms with E-state index in [1.807, 2.05) is 5.32 Å². The van der Waals surface area contributed by atoms with Crippen LogP contribution in [0.4, 0.5) is 27.8 Å². The maximum atomic E-state index is 13.7. The number of likely N-dealkylation sites (tertiary alicyclic amines) is 1. The second kappa shape index (κ2) is 14.3. The first-order valence-corrected chi connectivity index (χ1v) is 15.0. The first kappa shape index (κ1) is 35.7. The Bertz CT molecular complexity index is 1760. The number of hydrogen-bond acceptors (Lipinski definition) is 7. The Kier molecular flexibility index (Phi) is 10.6. The second-order valence-corrected chi connectivity index (χ2v) is 11.2. The smallest absolute Gasteiger partial charge is 0.431 e. The van der Waals surface area contributed by atoms with Crippen LogP contribution in [-0.2, 0) is 4.79 Å². The molecule has 2 fully saturated rings. The van der Waals surface area contributed by atoms with Gasteiger partial charge in [0.15, 0.2) is 0 Å². The molecule has 1 aliphatic carbocycles. The third kappa shape index (κ3) is 7.04. The van der Waals surface area contributed by atoms with E-state index in [0.717, 1.165) is 7.05 Å². The van der Waals surface area contributed by atoms with Gasteiger partial charge < -0.3 is 26.4 Å². The molecule has 0 unspecified atom stereocenters. The Morgan fingerprint density at radius 1 is 1.27 bits per heavy atom. The molecule has 0 spiro atoms. The van der Waals surface area contributed by atoms with Crippen molar-refractivity contribution in [1.29, 1.82) is 0 Å². The van der Waals surface area contributed by atoms with Gasteiger partial charge in [-0.3, -0.25) is 14.0 Å². The molecule has 48 heavy (non-hydrogen) atoms. The van der Waals surface area contributed by atoms with E-state index in [1.54, 1.807) is 23.6 Å². The molecule has 5 rings (SSSR count). The molecule has 0 bridgehead atoms. The van der Waals surface area contributed by atoms with Crippen LogP contribution >= 0.6 is 0 Å². The van der Waals surface area contributed by atoms with Crippen LogP contribution in [0, 0.1) is 18.3 Å². The molecule has 3 aromatic rings. The Morgan fingerprint density at radius 3 is 2.58 bits per heavy atom. The van der Waals surface area contributed by atoms with Gasteiger partial charge in [0.1, 0.15) is 45.6 Å². The van der Waals surface area contributed by atoms with Crippen LogP contribution in [0.15, 0.2) is 47.4 Å². The molecule has 16 heteroatoms. The van der Waals surface area contributed by atoms with Gasteiger partial charge in [-0.1, -0.05) is 0 Å². The Hall–Kier alpha value is -5.20. The summed E-state index contributed by atoms with van der Waals surface area (Å²) < 4.78 is 74.2. The second-order valence-electron chi connectivity index (χ2n) is 11.2. The van der Waals surface area contributed by atoms with Gasteiger partial charge in [-0.2, -0.15) is 18.2 Å². The monoisotopic (exact) mass is 674 g/mol. The predicted octanol–water partition coefficient (Wildman–Crippen LogP) is 4.54. The molecule has 2 aromatic heterocycles. The summed E-state index contributed by atoms with van der Waals surface area (Å²) in [6.45, 7) is 2.50. The number of ether oxygens (including phenoxy) is 1. The Morgan fingerprint density at radius 2 is 1.98 bits per heavy atom. The largest absolute Gasteiger partial charge is 0.493 e. The van der Waals surface area contributed by atoms with E-state index >= 15 is 0 Å². The van der Waals surface area contributed by atoms with Gasteiger partial charge in [-0.05, 0) is 50.8 Å². The maximum Gasteiger partial charge on any atom is 0.431 e. The molecule has 2 amide bonds. The minimum absolute atomic E-state index is 0.00845. The number of allylic oxidation sites excluding steroid dienone is 1. The quantitative estimate of drug-likeness (QED) is 0.130. The number of imidazole rings is 1. The van der Waals surface area contributed by atoms with Gasteiger partial charge in [0, 0.05) is 55.7 Å². The van der Waals surface area contributed by atoms with Crippen molar-refractivity contribution in [3.05, 3.63) is 53.8 Å². The zero-order valence-corrected chi connectivity index (χ0v) is 26.2. The number of carbonyl (C=O) groups is 2. The predicted molar refractivity (Wildman–Crippen MR) is 169 cm³/mol. The number of amidine groups is 1. The lowest BCUT2D eigenvalue weighted by Crippen LogP contribution is -2.45. The molecule has 0 radical (unpaired) electrons. The van der Waals surface area contributed by atoms with Crippen LogP contribution in [-0.4, -0.2) is 76.3 Å². The minimum Gasteiger partial charge on any atom is -0.493 e. The summed E-state index contributed by atoms with van der Waals surface area (Å²) in [5, 5.41) is 1.97. The fourth-order valence-corrected chi connectivity index (χ4v) is 5.69. The van der Waals surface area contributed by atoms with E-state index < -0.39 is 41.4 Å². The van der Waals surface area contributed by atoms with E-state index in [4.69, 9.17) is 21.2 Å². The summed E-state index contributed by atoms with van der Waals surface area (Å²) in [4.78, 5) is 40.2. The molecule has 3 heterocycles. The van der Waals surface area contributed by atoms with Crippen molar-refractivity contribution in [1.82, 2.24) is 24.6 Å². The number of nitrogens with one attached hydrogen (secondary N) is 1.